The van der Waals surface area contributed by atoms with Crippen molar-refractivity contribution < 1.29 is 9.47 Å². The molecule has 33 heavy (non-hydrogen) atoms. The van der Waals surface area contributed by atoms with Gasteiger partial charge < -0.3 is 14.8 Å². The lowest BCUT2D eigenvalue weighted by Gasteiger charge is -2.17. The Morgan fingerprint density at radius 2 is 1.67 bits per heavy atom. The van der Waals surface area contributed by atoms with Crippen LogP contribution in [0.25, 0.3) is 10.2 Å². The summed E-state index contributed by atoms with van der Waals surface area (Å²) >= 11 is 1.73. The summed E-state index contributed by atoms with van der Waals surface area (Å²) < 4.78 is 10.6. The van der Waals surface area contributed by atoms with Crippen molar-refractivity contribution in [3.05, 3.63) is 75.9 Å². The third kappa shape index (κ3) is 5.43. The van der Waals surface area contributed by atoms with Crippen LogP contribution in [0.5, 0.6) is 11.5 Å². The molecule has 7 heteroatoms. The number of fused-ring (bicyclic) bond motifs is 1. The van der Waals surface area contributed by atoms with Crippen LogP contribution in [0.2, 0.25) is 0 Å². The Labute approximate surface area is 199 Å². The number of nitrogens with zero attached hydrogens (tertiary/aromatic N) is 3. The van der Waals surface area contributed by atoms with Crippen molar-refractivity contribution in [1.82, 2.24) is 14.9 Å². The fourth-order valence-electron chi connectivity index (χ4n) is 3.80. The van der Waals surface area contributed by atoms with E-state index < -0.39 is 0 Å². The molecule has 0 saturated carbocycles. The van der Waals surface area contributed by atoms with Crippen molar-refractivity contribution in [1.29, 1.82) is 0 Å². The van der Waals surface area contributed by atoms with E-state index in [0.717, 1.165) is 39.9 Å². The van der Waals surface area contributed by atoms with Crippen LogP contribution < -0.4 is 14.8 Å². The molecule has 2 aromatic heterocycles. The molecular formula is C26H30N4O2S. The fourth-order valence-corrected chi connectivity index (χ4v) is 4.85. The third-order valence-corrected chi connectivity index (χ3v) is 6.79. The highest BCUT2D eigenvalue weighted by atomic mass is 32.1. The summed E-state index contributed by atoms with van der Waals surface area (Å²) in [6, 6.07) is 16.2. The Morgan fingerprint density at radius 3 is 2.39 bits per heavy atom. The molecule has 0 amide bonds. The largest absolute Gasteiger partial charge is 0.497 e. The third-order valence-electron chi connectivity index (χ3n) is 5.69. The lowest BCUT2D eigenvalue weighted by molar-refractivity contribution is 0.310. The van der Waals surface area contributed by atoms with E-state index in [2.05, 4.69) is 55.4 Å². The number of hydrogen-bond acceptors (Lipinski definition) is 7. The van der Waals surface area contributed by atoms with Gasteiger partial charge in [-0.05, 0) is 61.9 Å². The first-order valence-corrected chi connectivity index (χ1v) is 11.7. The molecule has 0 aliphatic carbocycles. The number of rotatable bonds is 9. The summed E-state index contributed by atoms with van der Waals surface area (Å²) in [5.74, 6) is 3.43. The molecule has 0 bridgehead atoms. The second-order valence-electron chi connectivity index (χ2n) is 8.18. The normalized spacial score (nSPS) is 11.2. The van der Waals surface area contributed by atoms with Crippen LogP contribution in [0.15, 0.2) is 48.5 Å². The molecule has 0 aliphatic heterocycles. The quantitative estimate of drug-likeness (QED) is 0.351. The summed E-state index contributed by atoms with van der Waals surface area (Å²) in [5.41, 5.74) is 3.60. The maximum atomic E-state index is 5.35. The predicted octanol–water partition coefficient (Wildman–Crippen LogP) is 5.57. The topological polar surface area (TPSA) is 59.5 Å². The number of thiophene rings is 1. The van der Waals surface area contributed by atoms with Gasteiger partial charge in [-0.15, -0.1) is 11.3 Å². The number of aryl methyl sites for hydroxylation is 2. The molecule has 2 heterocycles. The van der Waals surface area contributed by atoms with Crippen molar-refractivity contribution >= 4 is 27.4 Å². The van der Waals surface area contributed by atoms with Crippen LogP contribution in [-0.4, -0.2) is 36.1 Å². The summed E-state index contributed by atoms with van der Waals surface area (Å²) in [6.45, 7) is 6.41. The number of hydrogen-bond donors (Lipinski definition) is 1. The highest BCUT2D eigenvalue weighted by Crippen LogP contribution is 2.33. The number of methoxy groups -OCH3 is 2. The minimum atomic E-state index is 0.653. The van der Waals surface area contributed by atoms with Crippen LogP contribution in [0.1, 0.15) is 27.4 Å². The molecule has 0 unspecified atom stereocenters. The Bertz CT molecular complexity index is 1240. The molecule has 0 aliphatic rings. The standard InChI is InChI=1S/C26H30N4O2S/c1-17-18(2)33-26-24(17)25(27-14-19-9-11-21(31-4)12-10-19)28-23(29-26)16-30(3)15-20-7-6-8-22(13-20)32-5/h6-13H,14-16H2,1-5H3,(H,27,28,29). The van der Waals surface area contributed by atoms with Crippen molar-refractivity contribution in [3.8, 4) is 11.5 Å². The average molecular weight is 463 g/mol. The van der Waals surface area contributed by atoms with E-state index >= 15 is 0 Å². The van der Waals surface area contributed by atoms with E-state index in [1.807, 2.05) is 24.3 Å². The van der Waals surface area contributed by atoms with Crippen LogP contribution in [0.4, 0.5) is 5.82 Å². The number of aromatic nitrogens is 2. The number of nitrogens with one attached hydrogen (secondary N) is 1. The first-order chi connectivity index (χ1) is 16.0. The molecule has 0 fully saturated rings. The fraction of sp³-hybridized carbons (Fsp3) is 0.308. The van der Waals surface area contributed by atoms with Gasteiger partial charge in [0.25, 0.3) is 0 Å². The summed E-state index contributed by atoms with van der Waals surface area (Å²) in [6.07, 6.45) is 0. The van der Waals surface area contributed by atoms with E-state index in [-0.39, 0.29) is 0 Å². The first-order valence-electron chi connectivity index (χ1n) is 10.9. The van der Waals surface area contributed by atoms with Gasteiger partial charge in [-0.2, -0.15) is 0 Å². The highest BCUT2D eigenvalue weighted by Gasteiger charge is 2.16. The Morgan fingerprint density at radius 1 is 0.909 bits per heavy atom. The van der Waals surface area contributed by atoms with E-state index in [4.69, 9.17) is 19.4 Å². The lowest BCUT2D eigenvalue weighted by atomic mass is 10.2. The minimum Gasteiger partial charge on any atom is -0.497 e. The van der Waals surface area contributed by atoms with Crippen LogP contribution in [0, 0.1) is 13.8 Å². The SMILES string of the molecule is COc1ccc(CNc2nc(CN(C)Cc3cccc(OC)c3)nc3sc(C)c(C)c23)cc1. The summed E-state index contributed by atoms with van der Waals surface area (Å²) in [5, 5.41) is 4.67. The number of anilines is 1. The van der Waals surface area contributed by atoms with Crippen LogP contribution >= 0.6 is 11.3 Å². The van der Waals surface area contributed by atoms with Gasteiger partial charge in [-0.1, -0.05) is 24.3 Å². The molecule has 172 valence electrons. The van der Waals surface area contributed by atoms with Gasteiger partial charge in [-0.25, -0.2) is 9.97 Å². The maximum absolute atomic E-state index is 5.35. The van der Waals surface area contributed by atoms with Crippen molar-refractivity contribution in [2.24, 2.45) is 0 Å². The molecule has 0 atom stereocenters. The van der Waals surface area contributed by atoms with E-state index in [1.54, 1.807) is 25.6 Å². The summed E-state index contributed by atoms with van der Waals surface area (Å²) in [7, 11) is 5.46. The van der Waals surface area contributed by atoms with Gasteiger partial charge in [0.2, 0.25) is 0 Å². The molecule has 1 N–H and O–H groups in total. The Kier molecular flexibility index (Phi) is 7.11. The smallest absolute Gasteiger partial charge is 0.146 e. The zero-order valence-electron chi connectivity index (χ0n) is 19.8. The zero-order valence-corrected chi connectivity index (χ0v) is 20.6. The molecule has 4 rings (SSSR count). The summed E-state index contributed by atoms with van der Waals surface area (Å²) in [4.78, 5) is 14.3. The van der Waals surface area contributed by atoms with E-state index in [0.29, 0.717) is 13.1 Å². The van der Waals surface area contributed by atoms with Crippen molar-refractivity contribution in [3.63, 3.8) is 0 Å². The van der Waals surface area contributed by atoms with Gasteiger partial charge in [0.1, 0.15) is 28.0 Å². The number of ether oxygens (including phenoxy) is 2. The Balaban J connectivity index is 1.55. The number of benzene rings is 2. The molecular weight excluding hydrogens is 432 g/mol. The second-order valence-corrected chi connectivity index (χ2v) is 9.38. The average Bonchev–Trinajstić information content (AvgIpc) is 3.11. The molecule has 0 radical (unpaired) electrons. The lowest BCUT2D eigenvalue weighted by Crippen LogP contribution is -2.19. The molecule has 6 nitrogen and oxygen atoms in total. The zero-order chi connectivity index (χ0) is 23.4. The first kappa shape index (κ1) is 23.0. The van der Waals surface area contributed by atoms with E-state index in [1.165, 1.54) is 21.6 Å². The molecule has 0 spiro atoms. The van der Waals surface area contributed by atoms with Crippen molar-refractivity contribution in [2.75, 3.05) is 26.6 Å². The van der Waals surface area contributed by atoms with Gasteiger partial charge in [0.15, 0.2) is 0 Å². The van der Waals surface area contributed by atoms with Gasteiger partial charge >= 0.3 is 0 Å². The minimum absolute atomic E-state index is 0.653. The predicted molar refractivity (Wildman–Crippen MR) is 135 cm³/mol. The molecule has 0 saturated heterocycles. The van der Waals surface area contributed by atoms with Gasteiger partial charge in [0.05, 0.1) is 26.2 Å². The molecule has 2 aromatic carbocycles. The molecule has 4 aromatic rings. The Hall–Kier alpha value is -3.16. The van der Waals surface area contributed by atoms with E-state index in [9.17, 15) is 0 Å². The second kappa shape index (κ2) is 10.2. The monoisotopic (exact) mass is 462 g/mol. The highest BCUT2D eigenvalue weighted by molar-refractivity contribution is 7.18. The van der Waals surface area contributed by atoms with Crippen LogP contribution in [0.3, 0.4) is 0 Å². The van der Waals surface area contributed by atoms with Gasteiger partial charge in [0, 0.05) is 18.0 Å². The maximum Gasteiger partial charge on any atom is 0.146 e. The van der Waals surface area contributed by atoms with Crippen LogP contribution in [-0.2, 0) is 19.6 Å². The van der Waals surface area contributed by atoms with Gasteiger partial charge in [-0.3, -0.25) is 4.90 Å². The van der Waals surface area contributed by atoms with Crippen molar-refractivity contribution in [2.45, 2.75) is 33.5 Å².